The van der Waals surface area contributed by atoms with Gasteiger partial charge in [0.25, 0.3) is 5.91 Å². The molecule has 1 saturated heterocycles. The van der Waals surface area contributed by atoms with E-state index >= 15 is 0 Å². The number of carbonyl (C=O) groups is 2. The van der Waals surface area contributed by atoms with Crippen LogP contribution in [0.25, 0.3) is 0 Å². The van der Waals surface area contributed by atoms with Crippen molar-refractivity contribution in [1.29, 1.82) is 0 Å². The van der Waals surface area contributed by atoms with E-state index in [0.29, 0.717) is 26.2 Å². The maximum atomic E-state index is 12.5. The lowest BCUT2D eigenvalue weighted by molar-refractivity contribution is -0.145. The summed E-state index contributed by atoms with van der Waals surface area (Å²) in [6, 6.07) is -0.117. The predicted octanol–water partition coefficient (Wildman–Crippen LogP) is 0.470. The van der Waals surface area contributed by atoms with Gasteiger partial charge in [0.05, 0.1) is 13.2 Å². The Labute approximate surface area is 148 Å². The summed E-state index contributed by atoms with van der Waals surface area (Å²) in [6.45, 7) is 4.71. The third-order valence-electron chi connectivity index (χ3n) is 5.07. The van der Waals surface area contributed by atoms with Crippen molar-refractivity contribution in [2.24, 2.45) is 5.41 Å². The number of aromatic nitrogens is 2. The molecule has 0 radical (unpaired) electrons. The quantitative estimate of drug-likeness (QED) is 0.838. The number of nitrogens with zero attached hydrogens (tertiary/aromatic N) is 4. The molecule has 1 aliphatic heterocycles. The smallest absolute Gasteiger partial charge is 0.317 e. The highest BCUT2D eigenvalue weighted by atomic mass is 16.5. The maximum Gasteiger partial charge on any atom is 0.317 e. The second-order valence-corrected chi connectivity index (χ2v) is 7.30. The van der Waals surface area contributed by atoms with E-state index in [9.17, 15) is 9.59 Å². The molecule has 1 saturated carbocycles. The number of amides is 3. The molecule has 3 rings (SSSR count). The molecular weight excluding hydrogens is 322 g/mol. The van der Waals surface area contributed by atoms with E-state index < -0.39 is 6.10 Å². The van der Waals surface area contributed by atoms with Crippen LogP contribution in [0, 0.1) is 12.3 Å². The monoisotopic (exact) mass is 349 g/mol. The normalized spacial score (nSPS) is 21.7. The summed E-state index contributed by atoms with van der Waals surface area (Å²) in [4.78, 5) is 32.0. The van der Waals surface area contributed by atoms with Gasteiger partial charge in [0.2, 0.25) is 0 Å². The molecule has 3 amide bonds. The molecule has 8 nitrogen and oxygen atoms in total. The Bertz CT molecular complexity index is 638. The van der Waals surface area contributed by atoms with Crippen LogP contribution in [-0.2, 0) is 16.1 Å². The lowest BCUT2D eigenvalue weighted by atomic mass is 10.1. The van der Waals surface area contributed by atoms with Crippen LogP contribution >= 0.6 is 0 Å². The Morgan fingerprint density at radius 2 is 2.20 bits per heavy atom. The van der Waals surface area contributed by atoms with Gasteiger partial charge < -0.3 is 24.4 Å². The number of imidazole rings is 1. The Hall–Kier alpha value is -2.09. The molecule has 0 unspecified atom stereocenters. The minimum absolute atomic E-state index is 0.105. The van der Waals surface area contributed by atoms with Gasteiger partial charge in [-0.25, -0.2) is 9.78 Å². The number of urea groups is 1. The number of ether oxygens (including phenoxy) is 1. The van der Waals surface area contributed by atoms with Gasteiger partial charge in [0.15, 0.2) is 6.10 Å². The van der Waals surface area contributed by atoms with Gasteiger partial charge >= 0.3 is 6.03 Å². The van der Waals surface area contributed by atoms with Crippen molar-refractivity contribution in [2.45, 2.75) is 32.4 Å². The number of aryl methyl sites for hydroxylation is 1. The molecule has 2 fully saturated rings. The van der Waals surface area contributed by atoms with Gasteiger partial charge in [-0.1, -0.05) is 0 Å². The van der Waals surface area contributed by atoms with E-state index in [0.717, 1.165) is 25.2 Å². The van der Waals surface area contributed by atoms with Crippen LogP contribution in [0.4, 0.5) is 4.79 Å². The Morgan fingerprint density at radius 1 is 1.44 bits per heavy atom. The molecule has 8 heteroatoms. The number of rotatable bonds is 5. The van der Waals surface area contributed by atoms with E-state index in [4.69, 9.17) is 4.74 Å². The Kier molecular flexibility index (Phi) is 4.99. The fourth-order valence-corrected chi connectivity index (χ4v) is 3.15. The zero-order valence-corrected chi connectivity index (χ0v) is 15.2. The molecule has 1 aromatic heterocycles. The standard InChI is InChI=1S/C17H27N5O3/c1-13-18-6-7-22(13)12-17(4-5-17)11-19-16(24)21-8-9-25-14(10-21)15(23)20(2)3/h6-7,14H,4-5,8-12H2,1-3H3,(H,19,24)/t14-/m1/s1. The first kappa shape index (κ1) is 17.7. The number of likely N-dealkylation sites (N-methyl/N-ethyl adjacent to an activating group) is 1. The first-order valence-corrected chi connectivity index (χ1v) is 8.73. The van der Waals surface area contributed by atoms with E-state index in [1.54, 1.807) is 25.2 Å². The second-order valence-electron chi connectivity index (χ2n) is 7.30. The molecular formula is C17H27N5O3. The first-order valence-electron chi connectivity index (χ1n) is 8.73. The van der Waals surface area contributed by atoms with E-state index in [-0.39, 0.29) is 17.4 Å². The summed E-state index contributed by atoms with van der Waals surface area (Å²) in [5.41, 5.74) is 0.131. The largest absolute Gasteiger partial charge is 0.365 e. The fraction of sp³-hybridized carbons (Fsp3) is 0.706. The minimum Gasteiger partial charge on any atom is -0.365 e. The molecule has 0 spiro atoms. The maximum absolute atomic E-state index is 12.5. The predicted molar refractivity (Wildman–Crippen MR) is 92.0 cm³/mol. The van der Waals surface area contributed by atoms with Crippen LogP contribution in [0.2, 0.25) is 0 Å². The van der Waals surface area contributed by atoms with Crippen LogP contribution in [0.3, 0.4) is 0 Å². The SMILES string of the molecule is Cc1nccn1CC1(CNC(=O)N2CCO[C@@H](C(=O)N(C)C)C2)CC1. The summed E-state index contributed by atoms with van der Waals surface area (Å²) < 4.78 is 7.64. The summed E-state index contributed by atoms with van der Waals surface area (Å²) in [7, 11) is 3.39. The lowest BCUT2D eigenvalue weighted by Gasteiger charge is -2.33. The van der Waals surface area contributed by atoms with E-state index in [2.05, 4.69) is 14.9 Å². The minimum atomic E-state index is -0.571. The van der Waals surface area contributed by atoms with Gasteiger partial charge in [0, 0.05) is 51.5 Å². The summed E-state index contributed by atoms with van der Waals surface area (Å²) in [5.74, 6) is 0.891. The zero-order valence-electron chi connectivity index (χ0n) is 15.2. The number of carbonyl (C=O) groups excluding carboxylic acids is 2. The highest BCUT2D eigenvalue weighted by molar-refractivity contribution is 5.82. The summed E-state index contributed by atoms with van der Waals surface area (Å²) >= 11 is 0. The van der Waals surface area contributed by atoms with E-state index in [1.807, 2.05) is 13.1 Å². The lowest BCUT2D eigenvalue weighted by Crippen LogP contribution is -2.54. The number of hydrogen-bond acceptors (Lipinski definition) is 4. The number of nitrogens with one attached hydrogen (secondary N) is 1. The van der Waals surface area contributed by atoms with Crippen molar-refractivity contribution in [1.82, 2.24) is 24.7 Å². The van der Waals surface area contributed by atoms with Crippen molar-refractivity contribution in [3.05, 3.63) is 18.2 Å². The van der Waals surface area contributed by atoms with Crippen LogP contribution in [0.5, 0.6) is 0 Å². The van der Waals surface area contributed by atoms with Gasteiger partial charge in [-0.15, -0.1) is 0 Å². The number of morpholine rings is 1. The van der Waals surface area contributed by atoms with Gasteiger partial charge in [-0.3, -0.25) is 4.79 Å². The fourth-order valence-electron chi connectivity index (χ4n) is 3.15. The molecule has 25 heavy (non-hydrogen) atoms. The molecule has 0 bridgehead atoms. The van der Waals surface area contributed by atoms with Crippen LogP contribution in [0.15, 0.2) is 12.4 Å². The highest BCUT2D eigenvalue weighted by Gasteiger charge is 2.43. The van der Waals surface area contributed by atoms with E-state index in [1.165, 1.54) is 4.90 Å². The molecule has 1 atom stereocenters. The molecule has 138 valence electrons. The Morgan fingerprint density at radius 3 is 2.80 bits per heavy atom. The topological polar surface area (TPSA) is 79.7 Å². The van der Waals surface area contributed by atoms with Crippen molar-refractivity contribution in [3.8, 4) is 0 Å². The molecule has 2 heterocycles. The summed E-state index contributed by atoms with van der Waals surface area (Å²) in [5, 5.41) is 3.05. The van der Waals surface area contributed by atoms with Crippen molar-refractivity contribution < 1.29 is 14.3 Å². The van der Waals surface area contributed by atoms with Crippen LogP contribution in [0.1, 0.15) is 18.7 Å². The zero-order chi connectivity index (χ0) is 18.0. The highest BCUT2D eigenvalue weighted by Crippen LogP contribution is 2.46. The molecule has 1 aliphatic carbocycles. The third-order valence-corrected chi connectivity index (χ3v) is 5.07. The third kappa shape index (κ3) is 4.12. The molecule has 1 N–H and O–H groups in total. The molecule has 1 aromatic rings. The Balaban J connectivity index is 1.50. The average Bonchev–Trinajstić information content (AvgIpc) is 3.26. The summed E-state index contributed by atoms with van der Waals surface area (Å²) in [6.07, 6.45) is 5.43. The molecule has 2 aliphatic rings. The van der Waals surface area contributed by atoms with Gasteiger partial charge in [-0.05, 0) is 19.8 Å². The van der Waals surface area contributed by atoms with Crippen molar-refractivity contribution in [2.75, 3.05) is 40.3 Å². The average molecular weight is 349 g/mol. The number of hydrogen-bond donors (Lipinski definition) is 1. The second kappa shape index (κ2) is 7.03. The van der Waals surface area contributed by atoms with Gasteiger partial charge in [-0.2, -0.15) is 0 Å². The first-order chi connectivity index (χ1) is 11.9. The van der Waals surface area contributed by atoms with Gasteiger partial charge in [0.1, 0.15) is 5.82 Å². The van der Waals surface area contributed by atoms with Crippen LogP contribution in [-0.4, -0.2) is 77.7 Å². The molecule has 0 aromatic carbocycles. The van der Waals surface area contributed by atoms with Crippen LogP contribution < -0.4 is 5.32 Å². The van der Waals surface area contributed by atoms with Crippen molar-refractivity contribution >= 4 is 11.9 Å². The van der Waals surface area contributed by atoms with Crippen molar-refractivity contribution in [3.63, 3.8) is 0 Å².